The first-order valence-corrected chi connectivity index (χ1v) is 3.14. The lowest BCUT2D eigenvalue weighted by Gasteiger charge is -2.00. The molecule has 1 N–H and O–H groups in total. The van der Waals surface area contributed by atoms with Crippen molar-refractivity contribution in [1.82, 2.24) is 5.32 Å². The van der Waals surface area contributed by atoms with Crippen molar-refractivity contribution in [3.63, 3.8) is 0 Å². The van der Waals surface area contributed by atoms with Gasteiger partial charge < -0.3 is 5.32 Å². The average molecular weight is 145 g/mol. The van der Waals surface area contributed by atoms with E-state index in [2.05, 4.69) is 11.9 Å². The molecular weight excluding hydrogens is 133 g/mol. The van der Waals surface area contributed by atoms with Gasteiger partial charge in [0.2, 0.25) is 5.91 Å². The van der Waals surface area contributed by atoms with Gasteiger partial charge >= 0.3 is 0 Å². The molecule has 1 amide bonds. The van der Waals surface area contributed by atoms with Gasteiger partial charge in [0.25, 0.3) is 0 Å². The number of amides is 1. The normalized spacial score (nSPS) is 9.00. The van der Waals surface area contributed by atoms with E-state index in [0.717, 1.165) is 5.57 Å². The van der Waals surface area contributed by atoms with Crippen LogP contribution in [-0.4, -0.2) is 19.1 Å². The predicted molar refractivity (Wildman–Crippen MR) is 38.4 cm³/mol. The number of nitrogens with one attached hydrogen (secondary N) is 1. The molecule has 0 rings (SSSR count). The molecule has 0 aliphatic heterocycles. The van der Waals surface area contributed by atoms with Crippen molar-refractivity contribution in [1.29, 1.82) is 0 Å². The van der Waals surface area contributed by atoms with Crippen LogP contribution in [0.2, 0.25) is 0 Å². The van der Waals surface area contributed by atoms with Crippen molar-refractivity contribution in [2.45, 2.75) is 13.3 Å². The molecule has 0 aromatic rings. The van der Waals surface area contributed by atoms with E-state index in [4.69, 9.17) is 0 Å². The van der Waals surface area contributed by atoms with Gasteiger partial charge in [-0.05, 0) is 6.92 Å². The number of carbonyl (C=O) groups excluding carboxylic acids is 1. The minimum Gasteiger partial charge on any atom is -0.353 e. The Labute approximate surface area is 60.1 Å². The van der Waals surface area contributed by atoms with Crippen molar-refractivity contribution < 1.29 is 9.18 Å². The molecule has 0 atom stereocenters. The zero-order chi connectivity index (χ0) is 7.98. The number of alkyl halides is 1. The molecule has 0 fully saturated rings. The standard InChI is InChI=1S/C7H12FNO/c1-6(2)5-7(10)9-4-3-8/h1,3-5H2,2H3,(H,9,10). The zero-order valence-electron chi connectivity index (χ0n) is 6.11. The molecule has 2 nitrogen and oxygen atoms in total. The molecule has 0 radical (unpaired) electrons. The lowest BCUT2D eigenvalue weighted by Crippen LogP contribution is -2.25. The first kappa shape index (κ1) is 9.14. The van der Waals surface area contributed by atoms with E-state index in [0.29, 0.717) is 6.42 Å². The minimum atomic E-state index is -0.512. The fourth-order valence-electron chi connectivity index (χ4n) is 0.523. The molecule has 58 valence electrons. The summed E-state index contributed by atoms with van der Waals surface area (Å²) >= 11 is 0. The van der Waals surface area contributed by atoms with Crippen molar-refractivity contribution in [3.05, 3.63) is 12.2 Å². The molecule has 0 saturated carbocycles. The molecule has 0 bridgehead atoms. The highest BCUT2D eigenvalue weighted by molar-refractivity contribution is 5.78. The summed E-state index contributed by atoms with van der Waals surface area (Å²) in [5.41, 5.74) is 0.788. The van der Waals surface area contributed by atoms with Crippen LogP contribution in [0, 0.1) is 0 Å². The van der Waals surface area contributed by atoms with Gasteiger partial charge in [-0.1, -0.05) is 12.2 Å². The number of rotatable bonds is 4. The third kappa shape index (κ3) is 5.28. The molecule has 0 aliphatic carbocycles. The molecule has 0 saturated heterocycles. The Morgan fingerprint density at radius 2 is 2.30 bits per heavy atom. The van der Waals surface area contributed by atoms with Crippen LogP contribution in [0.1, 0.15) is 13.3 Å². The third-order valence-electron chi connectivity index (χ3n) is 0.879. The van der Waals surface area contributed by atoms with Crippen molar-refractivity contribution in [2.75, 3.05) is 13.2 Å². The highest BCUT2D eigenvalue weighted by Gasteiger charge is 1.98. The van der Waals surface area contributed by atoms with Crippen LogP contribution in [0.3, 0.4) is 0 Å². The molecule has 0 heterocycles. The molecular formula is C7H12FNO. The highest BCUT2D eigenvalue weighted by atomic mass is 19.1. The highest BCUT2D eigenvalue weighted by Crippen LogP contribution is 1.93. The summed E-state index contributed by atoms with van der Waals surface area (Å²) < 4.78 is 11.5. The topological polar surface area (TPSA) is 29.1 Å². The minimum absolute atomic E-state index is 0.103. The van der Waals surface area contributed by atoms with Crippen molar-refractivity contribution in [3.8, 4) is 0 Å². The van der Waals surface area contributed by atoms with E-state index in [1.165, 1.54) is 0 Å². The molecule has 0 aromatic heterocycles. The number of hydrogen-bond acceptors (Lipinski definition) is 1. The van der Waals surface area contributed by atoms with Crippen molar-refractivity contribution >= 4 is 5.91 Å². The number of hydrogen-bond donors (Lipinski definition) is 1. The van der Waals surface area contributed by atoms with Gasteiger partial charge in [-0.2, -0.15) is 0 Å². The van der Waals surface area contributed by atoms with E-state index in [1.807, 2.05) is 0 Å². The van der Waals surface area contributed by atoms with Crippen LogP contribution in [0.15, 0.2) is 12.2 Å². The van der Waals surface area contributed by atoms with Crippen LogP contribution in [-0.2, 0) is 4.79 Å². The molecule has 0 aromatic carbocycles. The van der Waals surface area contributed by atoms with Gasteiger partial charge in [0.1, 0.15) is 6.67 Å². The summed E-state index contributed by atoms with van der Waals surface area (Å²) in [5.74, 6) is -0.162. The monoisotopic (exact) mass is 145 g/mol. The summed E-state index contributed by atoms with van der Waals surface area (Å²) in [6.45, 7) is 4.90. The third-order valence-corrected chi connectivity index (χ3v) is 0.879. The Bertz CT molecular complexity index is 134. The lowest BCUT2D eigenvalue weighted by atomic mass is 10.2. The molecule has 0 spiro atoms. The maximum Gasteiger partial charge on any atom is 0.224 e. The average Bonchev–Trinajstić information content (AvgIpc) is 1.82. The van der Waals surface area contributed by atoms with Gasteiger partial charge in [0, 0.05) is 13.0 Å². The molecule has 3 heteroatoms. The second kappa shape index (κ2) is 4.97. The second-order valence-corrected chi connectivity index (χ2v) is 2.17. The molecule has 0 unspecified atom stereocenters. The van der Waals surface area contributed by atoms with Gasteiger partial charge in [0.05, 0.1) is 0 Å². The largest absolute Gasteiger partial charge is 0.353 e. The molecule has 0 aliphatic rings. The SMILES string of the molecule is C=C(C)CC(=O)NCCF. The van der Waals surface area contributed by atoms with Crippen LogP contribution in [0.4, 0.5) is 4.39 Å². The lowest BCUT2D eigenvalue weighted by molar-refractivity contribution is -0.120. The maximum absolute atomic E-state index is 11.5. The number of halogens is 1. The van der Waals surface area contributed by atoms with Crippen LogP contribution >= 0.6 is 0 Å². The van der Waals surface area contributed by atoms with Crippen molar-refractivity contribution in [2.24, 2.45) is 0 Å². The fourth-order valence-corrected chi connectivity index (χ4v) is 0.523. The quantitative estimate of drug-likeness (QED) is 0.588. The van der Waals surface area contributed by atoms with Gasteiger partial charge in [-0.25, -0.2) is 4.39 Å². The fraction of sp³-hybridized carbons (Fsp3) is 0.571. The van der Waals surface area contributed by atoms with E-state index >= 15 is 0 Å². The zero-order valence-corrected chi connectivity index (χ0v) is 6.11. The van der Waals surface area contributed by atoms with E-state index in [-0.39, 0.29) is 12.5 Å². The summed E-state index contributed by atoms with van der Waals surface area (Å²) in [6, 6.07) is 0. The van der Waals surface area contributed by atoms with E-state index in [9.17, 15) is 9.18 Å². The number of carbonyl (C=O) groups is 1. The molecule has 10 heavy (non-hydrogen) atoms. The van der Waals surface area contributed by atoms with E-state index < -0.39 is 6.67 Å². The predicted octanol–water partition coefficient (Wildman–Crippen LogP) is 1.04. The Balaban J connectivity index is 3.35. The Kier molecular flexibility index (Phi) is 4.54. The van der Waals surface area contributed by atoms with Gasteiger partial charge in [-0.15, -0.1) is 0 Å². The summed E-state index contributed by atoms with van der Waals surface area (Å²) in [7, 11) is 0. The summed E-state index contributed by atoms with van der Waals surface area (Å²) in [5, 5.41) is 2.39. The Hall–Kier alpha value is -0.860. The summed E-state index contributed by atoms with van der Waals surface area (Å²) in [6.07, 6.45) is 0.292. The van der Waals surface area contributed by atoms with Gasteiger partial charge in [0.15, 0.2) is 0 Å². The van der Waals surface area contributed by atoms with Crippen LogP contribution in [0.25, 0.3) is 0 Å². The van der Waals surface area contributed by atoms with Crippen LogP contribution < -0.4 is 5.32 Å². The van der Waals surface area contributed by atoms with Crippen LogP contribution in [0.5, 0.6) is 0 Å². The van der Waals surface area contributed by atoms with E-state index in [1.54, 1.807) is 6.92 Å². The Morgan fingerprint density at radius 1 is 1.70 bits per heavy atom. The second-order valence-electron chi connectivity index (χ2n) is 2.17. The summed E-state index contributed by atoms with van der Waals surface area (Å²) in [4.78, 5) is 10.7. The van der Waals surface area contributed by atoms with Gasteiger partial charge in [-0.3, -0.25) is 4.79 Å². The first-order chi connectivity index (χ1) is 4.66. The first-order valence-electron chi connectivity index (χ1n) is 3.14. The Morgan fingerprint density at radius 3 is 2.70 bits per heavy atom. The smallest absolute Gasteiger partial charge is 0.224 e. The maximum atomic E-state index is 11.5.